The van der Waals surface area contributed by atoms with E-state index in [-0.39, 0.29) is 5.75 Å². The van der Waals surface area contributed by atoms with Gasteiger partial charge in [-0.15, -0.1) is 0 Å². The largest absolute Gasteiger partial charge is 0.508 e. The standard InChI is InChI=1S/C10H15NO2/c1-10(13,7-11-2)8-4-3-5-9(12)6-8/h3-6,11-13H,7H2,1-2H3/t10-/m0/s1. The van der Waals surface area contributed by atoms with Crippen molar-refractivity contribution in [2.24, 2.45) is 0 Å². The smallest absolute Gasteiger partial charge is 0.115 e. The predicted molar refractivity (Wildman–Crippen MR) is 51.6 cm³/mol. The lowest BCUT2D eigenvalue weighted by Crippen LogP contribution is -2.33. The number of aliphatic hydroxyl groups is 1. The fourth-order valence-electron chi connectivity index (χ4n) is 1.29. The molecule has 0 aliphatic carbocycles. The van der Waals surface area contributed by atoms with Crippen molar-refractivity contribution in [1.82, 2.24) is 5.32 Å². The van der Waals surface area contributed by atoms with Gasteiger partial charge in [-0.3, -0.25) is 0 Å². The third kappa shape index (κ3) is 2.44. The summed E-state index contributed by atoms with van der Waals surface area (Å²) < 4.78 is 0. The average molecular weight is 181 g/mol. The SMILES string of the molecule is CNC[C@](C)(O)c1cccc(O)c1. The van der Waals surface area contributed by atoms with Crippen molar-refractivity contribution in [2.45, 2.75) is 12.5 Å². The van der Waals surface area contributed by atoms with Gasteiger partial charge in [0.2, 0.25) is 0 Å². The van der Waals surface area contributed by atoms with Gasteiger partial charge in [-0.2, -0.15) is 0 Å². The Hall–Kier alpha value is -1.06. The van der Waals surface area contributed by atoms with Crippen LogP contribution in [0.4, 0.5) is 0 Å². The van der Waals surface area contributed by atoms with Crippen molar-refractivity contribution in [1.29, 1.82) is 0 Å². The third-order valence-corrected chi connectivity index (χ3v) is 1.99. The molecule has 0 unspecified atom stereocenters. The first-order valence-electron chi connectivity index (χ1n) is 4.23. The van der Waals surface area contributed by atoms with Crippen molar-refractivity contribution < 1.29 is 10.2 Å². The van der Waals surface area contributed by atoms with Crippen LogP contribution >= 0.6 is 0 Å². The molecule has 0 aliphatic heterocycles. The summed E-state index contributed by atoms with van der Waals surface area (Å²) in [6.45, 7) is 2.16. The minimum atomic E-state index is -0.937. The number of benzene rings is 1. The summed E-state index contributed by atoms with van der Waals surface area (Å²) in [6.07, 6.45) is 0. The molecule has 0 radical (unpaired) electrons. The first-order chi connectivity index (χ1) is 6.06. The zero-order valence-electron chi connectivity index (χ0n) is 7.91. The maximum Gasteiger partial charge on any atom is 0.115 e. The second-order valence-corrected chi connectivity index (χ2v) is 3.35. The minimum Gasteiger partial charge on any atom is -0.508 e. The molecule has 0 heterocycles. The van der Waals surface area contributed by atoms with Crippen LogP contribution in [0.2, 0.25) is 0 Å². The molecule has 1 rings (SSSR count). The summed E-state index contributed by atoms with van der Waals surface area (Å²) in [4.78, 5) is 0. The second kappa shape index (κ2) is 3.77. The van der Waals surface area contributed by atoms with Crippen molar-refractivity contribution >= 4 is 0 Å². The van der Waals surface area contributed by atoms with E-state index in [1.807, 2.05) is 0 Å². The van der Waals surface area contributed by atoms with Gasteiger partial charge >= 0.3 is 0 Å². The number of nitrogens with one attached hydrogen (secondary N) is 1. The van der Waals surface area contributed by atoms with E-state index < -0.39 is 5.60 Å². The van der Waals surface area contributed by atoms with Crippen LogP contribution < -0.4 is 5.32 Å². The Morgan fingerprint density at radius 3 is 2.69 bits per heavy atom. The van der Waals surface area contributed by atoms with Crippen LogP contribution in [0.5, 0.6) is 5.75 Å². The first kappa shape index (κ1) is 10.0. The Balaban J connectivity index is 2.93. The predicted octanol–water partition coefficient (Wildman–Crippen LogP) is 0.819. The summed E-state index contributed by atoms with van der Waals surface area (Å²) in [5.74, 6) is 0.175. The van der Waals surface area contributed by atoms with Gasteiger partial charge in [0.25, 0.3) is 0 Å². The second-order valence-electron chi connectivity index (χ2n) is 3.35. The zero-order valence-corrected chi connectivity index (χ0v) is 7.91. The van der Waals surface area contributed by atoms with Gasteiger partial charge in [0.05, 0.1) is 5.60 Å². The molecule has 1 atom stereocenters. The van der Waals surface area contributed by atoms with E-state index in [1.54, 1.807) is 38.2 Å². The summed E-state index contributed by atoms with van der Waals surface area (Å²) in [7, 11) is 1.78. The Bertz CT molecular complexity index is 284. The van der Waals surface area contributed by atoms with E-state index in [1.165, 1.54) is 0 Å². The van der Waals surface area contributed by atoms with E-state index in [0.29, 0.717) is 12.1 Å². The van der Waals surface area contributed by atoms with Gasteiger partial charge in [0.15, 0.2) is 0 Å². The maximum atomic E-state index is 9.94. The molecule has 0 aliphatic rings. The highest BCUT2D eigenvalue weighted by molar-refractivity contribution is 5.31. The van der Waals surface area contributed by atoms with Gasteiger partial charge in [-0.25, -0.2) is 0 Å². The quantitative estimate of drug-likeness (QED) is 0.647. The van der Waals surface area contributed by atoms with Gasteiger partial charge in [-0.05, 0) is 31.7 Å². The molecule has 0 saturated heterocycles. The molecule has 0 fully saturated rings. The third-order valence-electron chi connectivity index (χ3n) is 1.99. The van der Waals surface area contributed by atoms with Crippen LogP contribution in [-0.4, -0.2) is 23.8 Å². The average Bonchev–Trinajstić information content (AvgIpc) is 2.04. The van der Waals surface area contributed by atoms with Crippen LogP contribution in [0.1, 0.15) is 12.5 Å². The van der Waals surface area contributed by atoms with E-state index >= 15 is 0 Å². The Labute approximate surface area is 78.0 Å². The molecule has 0 aromatic heterocycles. The van der Waals surface area contributed by atoms with Crippen molar-refractivity contribution in [3.05, 3.63) is 29.8 Å². The van der Waals surface area contributed by atoms with Gasteiger partial charge in [-0.1, -0.05) is 12.1 Å². The summed E-state index contributed by atoms with van der Waals surface area (Å²) in [5, 5.41) is 22.0. The topological polar surface area (TPSA) is 52.5 Å². The number of phenols is 1. The molecule has 1 aromatic rings. The highest BCUT2D eigenvalue weighted by Crippen LogP contribution is 2.22. The molecule has 0 amide bonds. The molecule has 72 valence electrons. The Morgan fingerprint density at radius 1 is 1.46 bits per heavy atom. The molecule has 0 saturated carbocycles. The van der Waals surface area contributed by atoms with Crippen LogP contribution in [0.25, 0.3) is 0 Å². The molecular weight excluding hydrogens is 166 g/mol. The lowest BCUT2D eigenvalue weighted by atomic mass is 9.96. The lowest BCUT2D eigenvalue weighted by Gasteiger charge is -2.23. The number of hydrogen-bond acceptors (Lipinski definition) is 3. The lowest BCUT2D eigenvalue weighted by molar-refractivity contribution is 0.0589. The van der Waals surface area contributed by atoms with Crippen molar-refractivity contribution in [2.75, 3.05) is 13.6 Å². The van der Waals surface area contributed by atoms with E-state index in [2.05, 4.69) is 5.32 Å². The number of aromatic hydroxyl groups is 1. The maximum absolute atomic E-state index is 9.94. The summed E-state index contributed by atoms with van der Waals surface area (Å²) in [5.41, 5.74) is -0.227. The summed E-state index contributed by atoms with van der Waals surface area (Å²) >= 11 is 0. The number of phenolic OH excluding ortho intramolecular Hbond substituents is 1. The monoisotopic (exact) mass is 181 g/mol. The van der Waals surface area contributed by atoms with E-state index in [9.17, 15) is 10.2 Å². The number of hydrogen-bond donors (Lipinski definition) is 3. The Morgan fingerprint density at radius 2 is 2.15 bits per heavy atom. The number of likely N-dealkylation sites (N-methyl/N-ethyl adjacent to an activating group) is 1. The fourth-order valence-corrected chi connectivity index (χ4v) is 1.29. The van der Waals surface area contributed by atoms with Crippen molar-refractivity contribution in [3.63, 3.8) is 0 Å². The molecule has 3 nitrogen and oxygen atoms in total. The van der Waals surface area contributed by atoms with Crippen LogP contribution in [0.3, 0.4) is 0 Å². The zero-order chi connectivity index (χ0) is 9.90. The highest BCUT2D eigenvalue weighted by Gasteiger charge is 2.21. The van der Waals surface area contributed by atoms with Gasteiger partial charge in [0, 0.05) is 6.54 Å². The van der Waals surface area contributed by atoms with Gasteiger partial charge < -0.3 is 15.5 Å². The van der Waals surface area contributed by atoms with Gasteiger partial charge in [0.1, 0.15) is 5.75 Å². The molecule has 3 heteroatoms. The van der Waals surface area contributed by atoms with Crippen LogP contribution in [0, 0.1) is 0 Å². The van der Waals surface area contributed by atoms with Crippen molar-refractivity contribution in [3.8, 4) is 5.75 Å². The molecule has 3 N–H and O–H groups in total. The van der Waals surface area contributed by atoms with E-state index in [4.69, 9.17) is 0 Å². The summed E-state index contributed by atoms with van der Waals surface area (Å²) in [6, 6.07) is 6.65. The number of rotatable bonds is 3. The normalized spacial score (nSPS) is 15.3. The highest BCUT2D eigenvalue weighted by atomic mass is 16.3. The minimum absolute atomic E-state index is 0.175. The molecule has 0 bridgehead atoms. The fraction of sp³-hybridized carbons (Fsp3) is 0.400. The first-order valence-corrected chi connectivity index (χ1v) is 4.23. The van der Waals surface area contributed by atoms with Crippen LogP contribution in [-0.2, 0) is 5.60 Å². The molecule has 0 spiro atoms. The van der Waals surface area contributed by atoms with E-state index in [0.717, 1.165) is 0 Å². The molecular formula is C10H15NO2. The Kier molecular flexibility index (Phi) is 2.90. The molecule has 13 heavy (non-hydrogen) atoms. The molecule has 1 aromatic carbocycles. The van der Waals surface area contributed by atoms with Crippen LogP contribution in [0.15, 0.2) is 24.3 Å².